The number of aliphatic hydroxyl groups is 5. The Balaban J connectivity index is 0.000000208. The van der Waals surface area contributed by atoms with Crippen molar-refractivity contribution < 1.29 is 97.7 Å². The highest BCUT2D eigenvalue weighted by Gasteiger charge is 2.39. The van der Waals surface area contributed by atoms with Crippen molar-refractivity contribution in [1.82, 2.24) is 21.3 Å². The molecular weight excluding hydrogens is 1690 g/mol. The number of hydrogen-bond acceptors (Lipinski definition) is 19. The molecule has 2 fully saturated rings. The van der Waals surface area contributed by atoms with Gasteiger partial charge in [-0.15, -0.1) is 0 Å². The van der Waals surface area contributed by atoms with Gasteiger partial charge in [-0.1, -0.05) is 205 Å². The first-order valence-corrected chi connectivity index (χ1v) is 43.1. The van der Waals surface area contributed by atoms with Gasteiger partial charge < -0.3 is 85.4 Å². The molecule has 9 aromatic rings. The van der Waals surface area contributed by atoms with E-state index in [1.165, 1.54) is 40.9 Å². The number of aryl methyl sites for hydroxylation is 4. The van der Waals surface area contributed by atoms with Crippen LogP contribution in [0.25, 0.3) is 44.5 Å². The number of ketones is 1. The van der Waals surface area contributed by atoms with Crippen LogP contribution < -0.4 is 21.3 Å². The topological polar surface area (TPSA) is 365 Å². The lowest BCUT2D eigenvalue weighted by Gasteiger charge is -2.33. The number of ether oxygens (including phenoxy) is 6. The number of nitrogens with one attached hydrogen (secondary N) is 4. The molecule has 1 heterocycles. The van der Waals surface area contributed by atoms with Crippen molar-refractivity contribution in [2.45, 2.75) is 166 Å². The molecule has 9 aromatic carbocycles. The SMILES string of the molecule is COCC(=O)N[C@@H](Cc1ccc(-c2cc(C)cc(Cl)c2)cc1)[C@H](O)C1CCCCC1.COCC(=O)N[C@@H](Cc1ccc(-c2cc(C)cc(Cl)c2)cc1)[C@H](O)C1OCCOC1=O.COCC(=O)N[C@@H](Cc1ccc(-c2cc(C)cc(Cl)c2)cc1)[C@H](O)[C@@H](O)C(=O)CCCC(=O)O.COCC(=O)N[C@@H](Cc1ccc(-c2cc(C)cc(Cl)c2)cc1)[C@H](O)c1ccccc1O. The van der Waals surface area contributed by atoms with E-state index in [1.54, 1.807) is 18.2 Å². The fraction of sp³-hybridized carbons (Fsp3) is 0.378. The van der Waals surface area contributed by atoms with Crippen LogP contribution in [0.4, 0.5) is 0 Å². The summed E-state index contributed by atoms with van der Waals surface area (Å²) in [7, 11) is 5.69. The van der Waals surface area contributed by atoms with E-state index in [2.05, 4.69) is 57.7 Å². The van der Waals surface area contributed by atoms with Crippen LogP contribution in [0, 0.1) is 33.6 Å². The molecule has 0 spiro atoms. The quantitative estimate of drug-likeness (QED) is 0.0161. The largest absolute Gasteiger partial charge is 0.508 e. The van der Waals surface area contributed by atoms with Crippen molar-refractivity contribution in [2.24, 2.45) is 5.92 Å². The lowest BCUT2D eigenvalue weighted by Crippen LogP contribution is -2.55. The summed E-state index contributed by atoms with van der Waals surface area (Å²) in [5.74, 6) is -3.61. The number of aromatic hydroxyl groups is 1. The van der Waals surface area contributed by atoms with Gasteiger partial charge in [0.25, 0.3) is 0 Å². The molecule has 1 unspecified atom stereocenters. The second kappa shape index (κ2) is 51.7. The summed E-state index contributed by atoms with van der Waals surface area (Å²) in [6.45, 7) is 7.78. The number of halogens is 4. The molecule has 1 saturated carbocycles. The number of para-hydroxylation sites is 1. The first-order chi connectivity index (χ1) is 60.3. The van der Waals surface area contributed by atoms with Crippen molar-refractivity contribution in [3.8, 4) is 50.3 Å². The molecule has 1 saturated heterocycles. The van der Waals surface area contributed by atoms with E-state index in [1.807, 2.05) is 161 Å². The van der Waals surface area contributed by atoms with Gasteiger partial charge in [-0.05, 0) is 222 Å². The summed E-state index contributed by atoms with van der Waals surface area (Å²) >= 11 is 24.7. The molecule has 0 bridgehead atoms. The summed E-state index contributed by atoms with van der Waals surface area (Å²) in [6, 6.07) is 58.6. The van der Waals surface area contributed by atoms with E-state index in [4.69, 9.17) is 79.9 Å². The third-order valence-corrected chi connectivity index (χ3v) is 22.1. The number of carboxylic acid groups (broad SMARTS) is 1. The van der Waals surface area contributed by atoms with Gasteiger partial charge in [0, 0.05) is 66.9 Å². The van der Waals surface area contributed by atoms with E-state index < -0.39 is 84.3 Å². The average molecular weight is 1810 g/mol. The number of Topliss-reactive ketones (excluding diaryl/α,β-unsaturated/α-hetero) is 1. The van der Waals surface area contributed by atoms with Crippen molar-refractivity contribution in [1.29, 1.82) is 0 Å². The van der Waals surface area contributed by atoms with Crippen molar-refractivity contribution >= 4 is 87.8 Å². The lowest BCUT2D eigenvalue weighted by atomic mass is 9.81. The van der Waals surface area contributed by atoms with Crippen LogP contribution in [0.3, 0.4) is 0 Å². The van der Waals surface area contributed by atoms with E-state index in [9.17, 15) is 64.2 Å². The Morgan fingerprint density at radius 1 is 0.421 bits per heavy atom. The number of aliphatic carboxylic acids is 1. The monoisotopic (exact) mass is 1810 g/mol. The minimum atomic E-state index is -1.77. The first kappa shape index (κ1) is 101. The van der Waals surface area contributed by atoms with Gasteiger partial charge in [0.1, 0.15) is 63.2 Å². The molecule has 10 atom stereocenters. The summed E-state index contributed by atoms with van der Waals surface area (Å²) in [6.07, 6.45) is -0.847. The fourth-order valence-corrected chi connectivity index (χ4v) is 16.3. The molecule has 1 aliphatic heterocycles. The predicted octanol–water partition coefficient (Wildman–Crippen LogP) is 14.2. The number of rotatable bonds is 37. The highest BCUT2D eigenvalue weighted by atomic mass is 35.5. The van der Waals surface area contributed by atoms with Crippen LogP contribution in [0.2, 0.25) is 20.1 Å². The number of carbonyl (C=O) groups excluding carboxylic acids is 6. The Morgan fingerprint density at radius 3 is 1.11 bits per heavy atom. The fourth-order valence-electron chi connectivity index (χ4n) is 15.1. The van der Waals surface area contributed by atoms with Crippen molar-refractivity contribution in [2.75, 3.05) is 68.1 Å². The smallest absolute Gasteiger partial charge is 0.338 e. The maximum atomic E-state index is 12.2. The number of benzene rings is 9. The molecule has 11 N–H and O–H groups in total. The Hall–Kier alpha value is -9.97. The highest BCUT2D eigenvalue weighted by molar-refractivity contribution is 6.32. The number of esters is 1. The highest BCUT2D eigenvalue weighted by Crippen LogP contribution is 2.34. The number of amides is 4. The van der Waals surface area contributed by atoms with Crippen molar-refractivity contribution in [3.05, 3.63) is 264 Å². The molecular formula is C98H114Cl4N4O20. The number of aliphatic hydroxyl groups excluding tert-OH is 5. The van der Waals surface area contributed by atoms with E-state index in [0.717, 1.165) is 120 Å². The van der Waals surface area contributed by atoms with Crippen LogP contribution in [0.1, 0.15) is 108 Å². The Labute approximate surface area is 756 Å². The zero-order chi connectivity index (χ0) is 91.5. The molecule has 0 aromatic heterocycles. The summed E-state index contributed by atoms with van der Waals surface area (Å²) < 4.78 is 29.9. The third kappa shape index (κ3) is 33.0. The average Bonchev–Trinajstić information content (AvgIpc) is 0.898. The lowest BCUT2D eigenvalue weighted by molar-refractivity contribution is -0.183. The molecule has 674 valence electrons. The second-order valence-electron chi connectivity index (χ2n) is 31.6. The first-order valence-electron chi connectivity index (χ1n) is 41.6. The van der Waals surface area contributed by atoms with Crippen LogP contribution in [-0.2, 0) is 87.7 Å². The Bertz CT molecular complexity index is 4940. The molecule has 24 nitrogen and oxygen atoms in total. The number of hydrogen-bond donors (Lipinski definition) is 11. The minimum absolute atomic E-state index is 0.000935. The summed E-state index contributed by atoms with van der Waals surface area (Å²) in [5, 5.41) is 86.4. The third-order valence-electron chi connectivity index (χ3n) is 21.3. The Kier molecular flexibility index (Phi) is 41.6. The number of phenolic OH excluding ortho intramolecular Hbond substituents is 1. The number of cyclic esters (lactones) is 1. The number of phenols is 1. The molecule has 4 amide bonds. The van der Waals surface area contributed by atoms with E-state index in [0.29, 0.717) is 39.9 Å². The van der Waals surface area contributed by atoms with Crippen LogP contribution in [-0.4, -0.2) is 200 Å². The molecule has 126 heavy (non-hydrogen) atoms. The van der Waals surface area contributed by atoms with Gasteiger partial charge in [0.05, 0.1) is 36.9 Å². The van der Waals surface area contributed by atoms with Crippen LogP contribution >= 0.6 is 46.4 Å². The van der Waals surface area contributed by atoms with E-state index in [-0.39, 0.29) is 94.8 Å². The molecule has 11 rings (SSSR count). The minimum Gasteiger partial charge on any atom is -0.508 e. The van der Waals surface area contributed by atoms with Crippen LogP contribution in [0.15, 0.2) is 194 Å². The van der Waals surface area contributed by atoms with Crippen molar-refractivity contribution in [3.63, 3.8) is 0 Å². The number of methoxy groups -OCH3 is 4. The number of carboxylic acids is 1. The molecule has 0 radical (unpaired) electrons. The Morgan fingerprint density at radius 2 is 0.762 bits per heavy atom. The standard InChI is InChI=1S/C25H30ClNO7.C25H26ClNO4.C25H32ClNO3.C23H26ClNO6/c1-15-10-18(13-19(26)11-15)17-8-6-16(7-9-17)12-20(27-22(29)14-34-2)24(32)25(33)21(28)4-3-5-23(30)31;1-16-11-19(14-20(26)12-16)18-9-7-17(8-10-18)13-22(27-24(29)15-31-2)25(30)21-5-3-4-6-23(21)28;1-17-12-21(15-22(26)13-17)19-10-8-18(9-11-19)14-23(27-24(28)16-30-2)25(29)20-6-4-3-5-7-20;1-14-9-17(12-18(24)10-14)16-5-3-15(4-6-16)11-19(25-20(26)13-29-2)21(27)22-23(28)31-8-7-30-22/h6-11,13,20,24-25,32-33H,3-5,12,14H2,1-2H3,(H,27,29)(H,30,31);3-12,14,22,25,28,30H,13,15H2,1-2H3,(H,27,29);8-13,15,20,23,25,29H,3-7,14,16H2,1-2H3,(H,27,28);3-6,9-10,12,19,21-22,27H,7-8,11,13H2,1-2H3,(H,25,26)/t20-,24-,25-;22-,25+;23-,25+;19-,21-,22?/m0000/s1. The maximum Gasteiger partial charge on any atom is 0.338 e. The van der Waals surface area contributed by atoms with Gasteiger partial charge in [-0.3, -0.25) is 28.8 Å². The second-order valence-corrected chi connectivity index (χ2v) is 33.3. The van der Waals surface area contributed by atoms with Gasteiger partial charge in [0.15, 0.2) is 11.9 Å². The molecule has 28 heteroatoms. The van der Waals surface area contributed by atoms with Crippen LogP contribution in [0.5, 0.6) is 5.75 Å². The zero-order valence-electron chi connectivity index (χ0n) is 72.0. The predicted molar refractivity (Wildman–Crippen MR) is 487 cm³/mol. The maximum absolute atomic E-state index is 12.2. The van der Waals surface area contributed by atoms with Gasteiger partial charge in [-0.25, -0.2) is 4.79 Å². The summed E-state index contributed by atoms with van der Waals surface area (Å²) in [5.41, 5.74) is 16.4. The number of carbonyl (C=O) groups is 7. The van der Waals surface area contributed by atoms with Gasteiger partial charge in [0.2, 0.25) is 23.6 Å². The van der Waals surface area contributed by atoms with Gasteiger partial charge in [-0.2, -0.15) is 0 Å². The molecule has 1 aliphatic carbocycles. The zero-order valence-corrected chi connectivity index (χ0v) is 75.0. The van der Waals surface area contributed by atoms with E-state index >= 15 is 0 Å². The molecule has 2 aliphatic rings. The summed E-state index contributed by atoms with van der Waals surface area (Å²) in [4.78, 5) is 83.4. The normalized spacial score (nSPS) is 15.3. The van der Waals surface area contributed by atoms with Gasteiger partial charge >= 0.3 is 11.9 Å².